The first-order chi connectivity index (χ1) is 16.2. The Balaban J connectivity index is 1.37. The number of piperazine rings is 1. The summed E-state index contributed by atoms with van der Waals surface area (Å²) < 4.78 is 45.3. The number of halogens is 3. The molecule has 7 nitrogen and oxygen atoms in total. The van der Waals surface area contributed by atoms with E-state index in [1.807, 2.05) is 4.90 Å². The molecule has 1 amide bonds. The lowest BCUT2D eigenvalue weighted by atomic mass is 10.1. The zero-order valence-corrected chi connectivity index (χ0v) is 18.5. The van der Waals surface area contributed by atoms with Crippen molar-refractivity contribution in [3.05, 3.63) is 76.8 Å². The van der Waals surface area contributed by atoms with Gasteiger partial charge in [0.25, 0.3) is 5.56 Å². The number of amides is 1. The molecule has 0 atom stereocenters. The summed E-state index contributed by atoms with van der Waals surface area (Å²) >= 11 is 0. The summed E-state index contributed by atoms with van der Waals surface area (Å²) in [4.78, 5) is 33.0. The molecule has 1 aliphatic rings. The fraction of sp³-hybridized carbons (Fsp3) is 0.292. The summed E-state index contributed by atoms with van der Waals surface area (Å²) in [5.41, 5.74) is 0.662. The largest absolute Gasteiger partial charge is 0.497 e. The number of carbonyl (C=O) groups is 1. The zero-order valence-electron chi connectivity index (χ0n) is 18.5. The zero-order chi connectivity index (χ0) is 24.3. The first kappa shape index (κ1) is 23.3. The smallest absolute Gasteiger partial charge is 0.416 e. The van der Waals surface area contributed by atoms with E-state index in [1.54, 1.807) is 42.3 Å². The molecule has 0 saturated carbocycles. The van der Waals surface area contributed by atoms with Crippen LogP contribution < -0.4 is 15.2 Å². The van der Waals surface area contributed by atoms with E-state index in [0.717, 1.165) is 17.7 Å². The normalized spacial score (nSPS) is 14.2. The first-order valence-electron chi connectivity index (χ1n) is 10.7. The van der Waals surface area contributed by atoms with Gasteiger partial charge < -0.3 is 14.5 Å². The van der Waals surface area contributed by atoms with Gasteiger partial charge in [0.1, 0.15) is 12.3 Å². The standard InChI is InChI=1S/C24H23F3N4O3/c1-34-20-7-5-17(6-8-20)21-14-22(32)31(16-28-21)15-23(33)30-11-9-29(10-12-30)19-4-2-3-18(13-19)24(25,26)27/h2-8,13-14,16H,9-12,15H2,1H3. The summed E-state index contributed by atoms with van der Waals surface area (Å²) in [5, 5.41) is 0. The van der Waals surface area contributed by atoms with Gasteiger partial charge in [-0.1, -0.05) is 6.07 Å². The average molecular weight is 472 g/mol. The Hall–Kier alpha value is -3.82. The van der Waals surface area contributed by atoms with Gasteiger partial charge in [0.15, 0.2) is 0 Å². The monoisotopic (exact) mass is 472 g/mol. The second kappa shape index (κ2) is 9.58. The van der Waals surface area contributed by atoms with Crippen LogP contribution in [0.25, 0.3) is 11.3 Å². The highest BCUT2D eigenvalue weighted by Crippen LogP contribution is 2.31. The average Bonchev–Trinajstić information content (AvgIpc) is 2.85. The number of alkyl halides is 3. The lowest BCUT2D eigenvalue weighted by Crippen LogP contribution is -2.50. The van der Waals surface area contributed by atoms with E-state index in [-0.39, 0.29) is 18.0 Å². The maximum absolute atomic E-state index is 13.0. The predicted molar refractivity (Wildman–Crippen MR) is 121 cm³/mol. The first-order valence-corrected chi connectivity index (χ1v) is 10.7. The molecule has 4 rings (SSSR count). The van der Waals surface area contributed by atoms with Crippen LogP contribution >= 0.6 is 0 Å². The van der Waals surface area contributed by atoms with Crippen LogP contribution in [0.4, 0.5) is 18.9 Å². The van der Waals surface area contributed by atoms with Crippen molar-refractivity contribution in [2.24, 2.45) is 0 Å². The van der Waals surface area contributed by atoms with Gasteiger partial charge in [0.2, 0.25) is 5.91 Å². The van der Waals surface area contributed by atoms with Crippen LogP contribution in [0.1, 0.15) is 5.56 Å². The molecule has 1 saturated heterocycles. The molecule has 0 aliphatic carbocycles. The van der Waals surface area contributed by atoms with Gasteiger partial charge in [0.05, 0.1) is 24.7 Å². The number of hydrogen-bond acceptors (Lipinski definition) is 5. The molecule has 34 heavy (non-hydrogen) atoms. The molecule has 0 bridgehead atoms. The van der Waals surface area contributed by atoms with Crippen molar-refractivity contribution in [1.82, 2.24) is 14.5 Å². The van der Waals surface area contributed by atoms with Crippen molar-refractivity contribution >= 4 is 11.6 Å². The number of methoxy groups -OCH3 is 1. The van der Waals surface area contributed by atoms with Crippen LogP contribution in [0.3, 0.4) is 0 Å². The predicted octanol–water partition coefficient (Wildman–Crippen LogP) is 3.29. The molecule has 0 spiro atoms. The molecule has 1 aromatic heterocycles. The lowest BCUT2D eigenvalue weighted by Gasteiger charge is -2.36. The Labute approximate surface area is 194 Å². The molecule has 1 fully saturated rings. The van der Waals surface area contributed by atoms with Crippen molar-refractivity contribution in [3.63, 3.8) is 0 Å². The van der Waals surface area contributed by atoms with Crippen LogP contribution in [0, 0.1) is 0 Å². The molecular weight excluding hydrogens is 449 g/mol. The van der Waals surface area contributed by atoms with E-state index >= 15 is 0 Å². The van der Waals surface area contributed by atoms with Crippen LogP contribution in [0.2, 0.25) is 0 Å². The summed E-state index contributed by atoms with van der Waals surface area (Å²) in [6.45, 7) is 1.34. The third kappa shape index (κ3) is 5.22. The van der Waals surface area contributed by atoms with Gasteiger partial charge in [-0.3, -0.25) is 14.2 Å². The van der Waals surface area contributed by atoms with Gasteiger partial charge in [-0.2, -0.15) is 13.2 Å². The quantitative estimate of drug-likeness (QED) is 0.570. The highest BCUT2D eigenvalue weighted by Gasteiger charge is 2.31. The number of nitrogens with zero attached hydrogens (tertiary/aromatic N) is 4. The van der Waals surface area contributed by atoms with E-state index in [0.29, 0.717) is 43.3 Å². The number of aromatic nitrogens is 2. The van der Waals surface area contributed by atoms with Gasteiger partial charge in [0, 0.05) is 43.5 Å². The Morgan fingerprint density at radius 1 is 1.03 bits per heavy atom. The number of benzene rings is 2. The Kier molecular flexibility index (Phi) is 6.58. The molecule has 1 aliphatic heterocycles. The van der Waals surface area contributed by atoms with Crippen molar-refractivity contribution in [1.29, 1.82) is 0 Å². The van der Waals surface area contributed by atoms with E-state index < -0.39 is 11.7 Å². The number of anilines is 1. The molecule has 0 radical (unpaired) electrons. The molecule has 10 heteroatoms. The molecule has 3 aromatic rings. The Bertz CT molecular complexity index is 1220. The van der Waals surface area contributed by atoms with Crippen molar-refractivity contribution < 1.29 is 22.7 Å². The van der Waals surface area contributed by atoms with E-state index in [1.165, 1.54) is 23.0 Å². The number of hydrogen-bond donors (Lipinski definition) is 0. The molecular formula is C24H23F3N4O3. The maximum atomic E-state index is 13.0. The highest BCUT2D eigenvalue weighted by atomic mass is 19.4. The van der Waals surface area contributed by atoms with Crippen molar-refractivity contribution in [2.45, 2.75) is 12.7 Å². The Morgan fingerprint density at radius 2 is 1.74 bits per heavy atom. The lowest BCUT2D eigenvalue weighted by molar-refractivity contribution is -0.137. The number of rotatable bonds is 5. The fourth-order valence-electron chi connectivity index (χ4n) is 3.80. The van der Waals surface area contributed by atoms with Gasteiger partial charge in [-0.15, -0.1) is 0 Å². The highest BCUT2D eigenvalue weighted by molar-refractivity contribution is 5.76. The Morgan fingerprint density at radius 3 is 2.35 bits per heavy atom. The van der Waals surface area contributed by atoms with Crippen LogP contribution in [0.5, 0.6) is 5.75 Å². The third-order valence-electron chi connectivity index (χ3n) is 5.74. The summed E-state index contributed by atoms with van der Waals surface area (Å²) in [7, 11) is 1.57. The minimum absolute atomic E-state index is 0.154. The SMILES string of the molecule is COc1ccc(-c2cc(=O)n(CC(=O)N3CCN(c4cccc(C(F)(F)F)c4)CC3)cn2)cc1. The van der Waals surface area contributed by atoms with Crippen LogP contribution in [-0.4, -0.2) is 53.6 Å². The third-order valence-corrected chi connectivity index (χ3v) is 5.74. The van der Waals surface area contributed by atoms with Crippen LogP contribution in [-0.2, 0) is 17.5 Å². The summed E-state index contributed by atoms with van der Waals surface area (Å²) in [5.74, 6) is 0.445. The molecule has 0 N–H and O–H groups in total. The van der Waals surface area contributed by atoms with E-state index in [4.69, 9.17) is 4.74 Å². The van der Waals surface area contributed by atoms with Crippen molar-refractivity contribution in [2.75, 3.05) is 38.2 Å². The minimum Gasteiger partial charge on any atom is -0.497 e. The molecule has 178 valence electrons. The maximum Gasteiger partial charge on any atom is 0.416 e. The number of ether oxygens (including phenoxy) is 1. The topological polar surface area (TPSA) is 67.7 Å². The number of carbonyl (C=O) groups excluding carboxylic acids is 1. The summed E-state index contributed by atoms with van der Waals surface area (Å²) in [6.07, 6.45) is -3.06. The summed E-state index contributed by atoms with van der Waals surface area (Å²) in [6, 6.07) is 13.7. The van der Waals surface area contributed by atoms with E-state index in [2.05, 4.69) is 4.98 Å². The van der Waals surface area contributed by atoms with E-state index in [9.17, 15) is 22.8 Å². The van der Waals surface area contributed by atoms with Crippen molar-refractivity contribution in [3.8, 4) is 17.0 Å². The minimum atomic E-state index is -4.40. The van der Waals surface area contributed by atoms with Gasteiger partial charge in [-0.05, 0) is 42.5 Å². The molecule has 2 aromatic carbocycles. The van der Waals surface area contributed by atoms with Crippen LogP contribution in [0.15, 0.2) is 65.7 Å². The fourth-order valence-corrected chi connectivity index (χ4v) is 3.80. The molecule has 0 unspecified atom stereocenters. The second-order valence-corrected chi connectivity index (χ2v) is 7.88. The second-order valence-electron chi connectivity index (χ2n) is 7.88. The van der Waals surface area contributed by atoms with Gasteiger partial charge in [-0.25, -0.2) is 4.98 Å². The van der Waals surface area contributed by atoms with Gasteiger partial charge >= 0.3 is 6.18 Å². The molecule has 2 heterocycles.